The van der Waals surface area contributed by atoms with Gasteiger partial charge in [0, 0.05) is 50.2 Å². The van der Waals surface area contributed by atoms with E-state index in [-0.39, 0.29) is 5.91 Å². The number of benzene rings is 2. The summed E-state index contributed by atoms with van der Waals surface area (Å²) in [5, 5.41) is 6.13. The minimum Gasteiger partial charge on any atom is -0.457 e. The van der Waals surface area contributed by atoms with Crippen LogP contribution in [0.1, 0.15) is 35.8 Å². The van der Waals surface area contributed by atoms with E-state index in [0.717, 1.165) is 38.5 Å². The van der Waals surface area contributed by atoms with Gasteiger partial charge in [-0.2, -0.15) is 4.98 Å². The molecule has 1 saturated heterocycles. The zero-order chi connectivity index (χ0) is 25.6. The number of morpholine rings is 1. The molecule has 4 aromatic rings. The summed E-state index contributed by atoms with van der Waals surface area (Å²) in [7, 11) is 0. The van der Waals surface area contributed by atoms with Gasteiger partial charge in [-0.05, 0) is 41.8 Å². The number of fused-ring (bicyclic) bond motifs is 1. The fraction of sp³-hybridized carbons (Fsp3) is 0.321. The molecule has 0 atom stereocenters. The third kappa shape index (κ3) is 6.44. The highest BCUT2D eigenvalue weighted by Gasteiger charge is 2.13. The van der Waals surface area contributed by atoms with E-state index >= 15 is 0 Å². The molecule has 9 heteroatoms. The van der Waals surface area contributed by atoms with Crippen molar-refractivity contribution in [3.8, 4) is 11.5 Å². The number of pyridine rings is 1. The topological polar surface area (TPSA) is 102 Å². The van der Waals surface area contributed by atoms with Gasteiger partial charge in [0.1, 0.15) is 22.7 Å². The average molecular weight is 502 g/mol. The van der Waals surface area contributed by atoms with Crippen LogP contribution in [0.3, 0.4) is 0 Å². The van der Waals surface area contributed by atoms with E-state index in [1.807, 2.05) is 18.2 Å². The molecule has 1 amide bonds. The monoisotopic (exact) mass is 501 g/mol. The first kappa shape index (κ1) is 24.7. The normalized spacial score (nSPS) is 14.1. The Morgan fingerprint density at radius 3 is 2.62 bits per heavy atom. The fourth-order valence-corrected chi connectivity index (χ4v) is 4.08. The molecule has 2 aromatic carbocycles. The second-order valence-electron chi connectivity index (χ2n) is 9.24. The van der Waals surface area contributed by atoms with Crippen molar-refractivity contribution in [2.45, 2.75) is 19.8 Å². The molecule has 2 aromatic heterocycles. The Kier molecular flexibility index (Phi) is 7.62. The number of aromatic nitrogens is 2. The lowest BCUT2D eigenvalue weighted by Crippen LogP contribution is -2.41. The van der Waals surface area contributed by atoms with Crippen LogP contribution >= 0.6 is 0 Å². The van der Waals surface area contributed by atoms with Crippen LogP contribution in [-0.2, 0) is 4.74 Å². The van der Waals surface area contributed by atoms with Gasteiger partial charge in [-0.1, -0.05) is 26.0 Å². The first-order valence-electron chi connectivity index (χ1n) is 12.5. The molecule has 0 unspecified atom stereocenters. The highest BCUT2D eigenvalue weighted by Crippen LogP contribution is 2.29. The highest BCUT2D eigenvalue weighted by molar-refractivity contribution is 5.92. The van der Waals surface area contributed by atoms with E-state index in [1.54, 1.807) is 30.5 Å². The maximum Gasteiger partial charge on any atom is 0.300 e. The van der Waals surface area contributed by atoms with Crippen LogP contribution in [0.25, 0.3) is 11.1 Å². The lowest BCUT2D eigenvalue weighted by molar-refractivity contribution is 0.0383. The van der Waals surface area contributed by atoms with Crippen molar-refractivity contribution in [1.82, 2.24) is 20.2 Å². The summed E-state index contributed by atoms with van der Waals surface area (Å²) in [5.41, 5.74) is 3.78. The molecule has 0 aliphatic carbocycles. The molecule has 9 nitrogen and oxygen atoms in total. The summed E-state index contributed by atoms with van der Waals surface area (Å²) in [6.07, 6.45) is 1.56. The smallest absolute Gasteiger partial charge is 0.300 e. The van der Waals surface area contributed by atoms with Crippen LogP contribution in [0.2, 0.25) is 0 Å². The van der Waals surface area contributed by atoms with Crippen molar-refractivity contribution in [2.24, 2.45) is 0 Å². The fourth-order valence-electron chi connectivity index (χ4n) is 4.08. The molecular weight excluding hydrogens is 470 g/mol. The Morgan fingerprint density at radius 1 is 1.05 bits per heavy atom. The van der Waals surface area contributed by atoms with Crippen molar-refractivity contribution in [1.29, 1.82) is 0 Å². The van der Waals surface area contributed by atoms with Crippen molar-refractivity contribution >= 4 is 28.7 Å². The van der Waals surface area contributed by atoms with Gasteiger partial charge in [0.15, 0.2) is 5.58 Å². The first-order valence-corrected chi connectivity index (χ1v) is 12.5. The van der Waals surface area contributed by atoms with E-state index in [9.17, 15) is 4.79 Å². The average Bonchev–Trinajstić information content (AvgIpc) is 3.31. The van der Waals surface area contributed by atoms with E-state index in [0.29, 0.717) is 46.8 Å². The molecule has 5 rings (SSSR count). The predicted molar refractivity (Wildman–Crippen MR) is 142 cm³/mol. The molecule has 37 heavy (non-hydrogen) atoms. The van der Waals surface area contributed by atoms with Gasteiger partial charge in [-0.3, -0.25) is 14.7 Å². The molecule has 0 spiro atoms. The zero-order valence-corrected chi connectivity index (χ0v) is 21.1. The number of anilines is 2. The number of hydrogen-bond acceptors (Lipinski definition) is 8. The Labute approximate surface area is 215 Å². The van der Waals surface area contributed by atoms with E-state index in [1.165, 1.54) is 5.56 Å². The molecular formula is C28H31N5O4. The minimum absolute atomic E-state index is 0.234. The molecule has 3 heterocycles. The SMILES string of the molecule is CC(C)c1ccc(Nc2nc3cc(Oc4ccnc(C(=O)NCCN5CCOCC5)c4)ccc3o2)cc1. The van der Waals surface area contributed by atoms with Crippen molar-refractivity contribution in [3.05, 3.63) is 72.1 Å². The summed E-state index contributed by atoms with van der Waals surface area (Å²) < 4.78 is 17.2. The summed E-state index contributed by atoms with van der Waals surface area (Å²) >= 11 is 0. The number of oxazole rings is 1. The lowest BCUT2D eigenvalue weighted by atomic mass is 10.0. The third-order valence-electron chi connectivity index (χ3n) is 6.20. The van der Waals surface area contributed by atoms with Crippen molar-refractivity contribution in [3.63, 3.8) is 0 Å². The molecule has 1 aliphatic heterocycles. The maximum absolute atomic E-state index is 12.6. The Balaban J connectivity index is 1.20. The largest absolute Gasteiger partial charge is 0.457 e. The predicted octanol–water partition coefficient (Wildman–Crippen LogP) is 4.94. The molecule has 0 saturated carbocycles. The maximum atomic E-state index is 12.6. The van der Waals surface area contributed by atoms with Gasteiger partial charge in [0.05, 0.1) is 13.2 Å². The number of carbonyl (C=O) groups is 1. The minimum atomic E-state index is -0.234. The highest BCUT2D eigenvalue weighted by atomic mass is 16.5. The third-order valence-corrected chi connectivity index (χ3v) is 6.20. The van der Waals surface area contributed by atoms with Crippen LogP contribution in [0.4, 0.5) is 11.7 Å². The standard InChI is InChI=1S/C28H31N5O4/c1-19(2)20-3-5-21(6-4-20)31-28-32-24-17-22(7-8-26(24)37-28)36-23-9-10-29-25(18-23)27(34)30-11-12-33-13-15-35-16-14-33/h3-10,17-19H,11-16H2,1-2H3,(H,30,34)(H,31,32). The Bertz CT molecular complexity index is 1350. The van der Waals surface area contributed by atoms with E-state index in [2.05, 4.69) is 51.5 Å². The zero-order valence-electron chi connectivity index (χ0n) is 21.1. The molecule has 192 valence electrons. The Morgan fingerprint density at radius 2 is 1.84 bits per heavy atom. The van der Waals surface area contributed by atoms with Gasteiger partial charge in [0.2, 0.25) is 0 Å². The van der Waals surface area contributed by atoms with Gasteiger partial charge >= 0.3 is 0 Å². The summed E-state index contributed by atoms with van der Waals surface area (Å²) in [6.45, 7) is 8.90. The van der Waals surface area contributed by atoms with E-state index in [4.69, 9.17) is 13.9 Å². The van der Waals surface area contributed by atoms with Crippen LogP contribution in [-0.4, -0.2) is 60.2 Å². The summed E-state index contributed by atoms with van der Waals surface area (Å²) in [4.78, 5) is 23.6. The number of nitrogens with one attached hydrogen (secondary N) is 2. The Hall–Kier alpha value is -3.95. The van der Waals surface area contributed by atoms with Crippen molar-refractivity contribution < 1.29 is 18.7 Å². The van der Waals surface area contributed by atoms with Crippen molar-refractivity contribution in [2.75, 3.05) is 44.7 Å². The summed E-state index contributed by atoms with van der Waals surface area (Å²) in [5.74, 6) is 1.34. The molecule has 1 aliphatic rings. The summed E-state index contributed by atoms with van der Waals surface area (Å²) in [6, 6.07) is 17.4. The number of hydrogen-bond donors (Lipinski definition) is 2. The lowest BCUT2D eigenvalue weighted by Gasteiger charge is -2.26. The van der Waals surface area contributed by atoms with Crippen LogP contribution < -0.4 is 15.4 Å². The number of rotatable bonds is 9. The van der Waals surface area contributed by atoms with Gasteiger partial charge in [0.25, 0.3) is 11.9 Å². The van der Waals surface area contributed by atoms with Crippen LogP contribution in [0.5, 0.6) is 11.5 Å². The number of amides is 1. The number of carbonyl (C=O) groups excluding carboxylic acids is 1. The molecule has 2 N–H and O–H groups in total. The molecule has 0 bridgehead atoms. The molecule has 0 radical (unpaired) electrons. The van der Waals surface area contributed by atoms with Crippen LogP contribution in [0.15, 0.2) is 65.2 Å². The second-order valence-corrected chi connectivity index (χ2v) is 9.24. The first-order chi connectivity index (χ1) is 18.0. The quantitative estimate of drug-likeness (QED) is 0.332. The number of nitrogens with zero attached hydrogens (tertiary/aromatic N) is 3. The number of ether oxygens (including phenoxy) is 2. The van der Waals surface area contributed by atoms with Gasteiger partial charge in [-0.15, -0.1) is 0 Å². The van der Waals surface area contributed by atoms with Crippen LogP contribution in [0, 0.1) is 0 Å². The molecule has 1 fully saturated rings. The van der Waals surface area contributed by atoms with Gasteiger partial charge < -0.3 is 24.5 Å². The van der Waals surface area contributed by atoms with E-state index < -0.39 is 0 Å². The second kappa shape index (κ2) is 11.4. The van der Waals surface area contributed by atoms with Gasteiger partial charge in [-0.25, -0.2) is 0 Å².